The maximum atomic E-state index is 10.5. The molecule has 1 amide bonds. The van der Waals surface area contributed by atoms with Crippen molar-refractivity contribution in [2.24, 2.45) is 5.92 Å². The third kappa shape index (κ3) is 8.33. The fourth-order valence-corrected chi connectivity index (χ4v) is 2.48. The molecule has 0 aliphatic carbocycles. The summed E-state index contributed by atoms with van der Waals surface area (Å²) >= 11 is 0. The highest BCUT2D eigenvalue weighted by Crippen LogP contribution is 2.22. The first-order valence-electron chi connectivity index (χ1n) is 8.41. The number of hydrogen-bond donors (Lipinski definition) is 2. The predicted molar refractivity (Wildman–Crippen MR) is 91.4 cm³/mol. The lowest BCUT2D eigenvalue weighted by atomic mass is 9.99. The van der Waals surface area contributed by atoms with Crippen molar-refractivity contribution in [2.75, 3.05) is 13.2 Å². The van der Waals surface area contributed by atoms with E-state index in [2.05, 4.69) is 19.2 Å². The Labute approximate surface area is 139 Å². The molecule has 0 bridgehead atoms. The molecule has 2 N–H and O–H groups in total. The second-order valence-corrected chi connectivity index (χ2v) is 5.84. The first-order valence-corrected chi connectivity index (χ1v) is 8.41. The molecule has 1 aromatic carbocycles. The van der Waals surface area contributed by atoms with Gasteiger partial charge in [0.05, 0.1) is 13.2 Å². The molecule has 23 heavy (non-hydrogen) atoms. The normalized spacial score (nSPS) is 12.0. The number of rotatable bonds is 11. The Morgan fingerprint density at radius 1 is 1.22 bits per heavy atom. The van der Waals surface area contributed by atoms with E-state index in [0.29, 0.717) is 11.7 Å². The third-order valence-corrected chi connectivity index (χ3v) is 3.56. The first-order chi connectivity index (χ1) is 11.0. The van der Waals surface area contributed by atoms with E-state index >= 15 is 0 Å². The summed E-state index contributed by atoms with van der Waals surface area (Å²) < 4.78 is 11.6. The summed E-state index contributed by atoms with van der Waals surface area (Å²) in [5.74, 6) is 2.07. The van der Waals surface area contributed by atoms with E-state index in [4.69, 9.17) is 14.6 Å². The minimum atomic E-state index is -1.05. The van der Waals surface area contributed by atoms with Gasteiger partial charge in [-0.05, 0) is 37.8 Å². The van der Waals surface area contributed by atoms with Gasteiger partial charge in [-0.15, -0.1) is 0 Å². The SMILES string of the molecule is CCCC(CCC)COc1cccc(OC(C)CNC(=O)O)c1. The van der Waals surface area contributed by atoms with Gasteiger partial charge in [-0.3, -0.25) is 0 Å². The highest BCUT2D eigenvalue weighted by molar-refractivity contribution is 5.64. The van der Waals surface area contributed by atoms with Gasteiger partial charge in [-0.2, -0.15) is 0 Å². The summed E-state index contributed by atoms with van der Waals surface area (Å²) in [6.07, 6.45) is 3.42. The van der Waals surface area contributed by atoms with Gasteiger partial charge in [0, 0.05) is 6.07 Å². The zero-order chi connectivity index (χ0) is 17.1. The van der Waals surface area contributed by atoms with Crippen LogP contribution in [0.5, 0.6) is 11.5 Å². The Bertz CT molecular complexity index is 458. The number of benzene rings is 1. The quantitative estimate of drug-likeness (QED) is 0.636. The number of carboxylic acid groups (broad SMARTS) is 1. The zero-order valence-electron chi connectivity index (χ0n) is 14.4. The molecule has 0 saturated carbocycles. The fraction of sp³-hybridized carbons (Fsp3) is 0.611. The average Bonchev–Trinajstić information content (AvgIpc) is 2.51. The molecule has 0 aromatic heterocycles. The lowest BCUT2D eigenvalue weighted by Gasteiger charge is -2.18. The van der Waals surface area contributed by atoms with Crippen LogP contribution in [0.2, 0.25) is 0 Å². The van der Waals surface area contributed by atoms with E-state index in [9.17, 15) is 4.79 Å². The van der Waals surface area contributed by atoms with Crippen LogP contribution in [-0.2, 0) is 0 Å². The first kappa shape index (κ1) is 19.1. The average molecular weight is 323 g/mol. The van der Waals surface area contributed by atoms with Crippen molar-refractivity contribution in [3.05, 3.63) is 24.3 Å². The van der Waals surface area contributed by atoms with Crippen LogP contribution in [-0.4, -0.2) is 30.5 Å². The Morgan fingerprint density at radius 2 is 1.87 bits per heavy atom. The van der Waals surface area contributed by atoms with Gasteiger partial charge in [-0.1, -0.05) is 32.8 Å². The molecule has 1 atom stereocenters. The fourth-order valence-electron chi connectivity index (χ4n) is 2.48. The maximum absolute atomic E-state index is 10.5. The number of hydrogen-bond acceptors (Lipinski definition) is 3. The van der Waals surface area contributed by atoms with E-state index < -0.39 is 6.09 Å². The van der Waals surface area contributed by atoms with Crippen LogP contribution in [0.25, 0.3) is 0 Å². The second kappa shape index (κ2) is 10.8. The Morgan fingerprint density at radius 3 is 2.48 bits per heavy atom. The Kier molecular flexibility index (Phi) is 8.95. The molecule has 0 heterocycles. The van der Waals surface area contributed by atoms with Gasteiger partial charge in [0.1, 0.15) is 17.6 Å². The van der Waals surface area contributed by atoms with E-state index in [1.807, 2.05) is 31.2 Å². The maximum Gasteiger partial charge on any atom is 0.404 e. The molecular weight excluding hydrogens is 294 g/mol. The molecule has 0 aliphatic rings. The van der Waals surface area contributed by atoms with E-state index in [1.165, 1.54) is 25.7 Å². The van der Waals surface area contributed by atoms with E-state index in [0.717, 1.165) is 12.4 Å². The molecule has 0 aliphatic heterocycles. The van der Waals surface area contributed by atoms with Crippen LogP contribution in [0.1, 0.15) is 46.5 Å². The third-order valence-electron chi connectivity index (χ3n) is 3.56. The topological polar surface area (TPSA) is 67.8 Å². The number of amides is 1. The minimum Gasteiger partial charge on any atom is -0.493 e. The summed E-state index contributed by atoms with van der Waals surface area (Å²) in [7, 11) is 0. The standard InChI is InChI=1S/C18H29NO4/c1-4-7-15(8-5-2)13-22-16-9-6-10-17(11-16)23-14(3)12-19-18(20)21/h6,9-11,14-15,19H,4-5,7-8,12-13H2,1-3H3,(H,20,21). The van der Waals surface area contributed by atoms with Crippen LogP contribution in [0, 0.1) is 5.92 Å². The van der Waals surface area contributed by atoms with Crippen LogP contribution in [0.4, 0.5) is 4.79 Å². The molecule has 130 valence electrons. The van der Waals surface area contributed by atoms with Crippen molar-refractivity contribution < 1.29 is 19.4 Å². The van der Waals surface area contributed by atoms with Crippen molar-refractivity contribution >= 4 is 6.09 Å². The van der Waals surface area contributed by atoms with Gasteiger partial charge in [0.25, 0.3) is 0 Å². The zero-order valence-corrected chi connectivity index (χ0v) is 14.4. The van der Waals surface area contributed by atoms with Crippen LogP contribution in [0.15, 0.2) is 24.3 Å². The highest BCUT2D eigenvalue weighted by atomic mass is 16.5. The molecular formula is C18H29NO4. The number of nitrogens with one attached hydrogen (secondary N) is 1. The second-order valence-electron chi connectivity index (χ2n) is 5.84. The molecule has 1 aromatic rings. The molecule has 0 spiro atoms. The van der Waals surface area contributed by atoms with Crippen molar-refractivity contribution in [3.8, 4) is 11.5 Å². The molecule has 5 nitrogen and oxygen atoms in total. The van der Waals surface area contributed by atoms with Gasteiger partial charge < -0.3 is 19.9 Å². The van der Waals surface area contributed by atoms with E-state index in [-0.39, 0.29) is 12.6 Å². The number of carbonyl (C=O) groups is 1. The monoisotopic (exact) mass is 323 g/mol. The molecule has 0 saturated heterocycles. The predicted octanol–water partition coefficient (Wildman–Crippen LogP) is 4.32. The van der Waals surface area contributed by atoms with Crippen LogP contribution in [0.3, 0.4) is 0 Å². The van der Waals surface area contributed by atoms with E-state index in [1.54, 1.807) is 0 Å². The smallest absolute Gasteiger partial charge is 0.404 e. The Hall–Kier alpha value is -1.91. The lowest BCUT2D eigenvalue weighted by Crippen LogP contribution is -2.32. The molecule has 0 radical (unpaired) electrons. The summed E-state index contributed by atoms with van der Waals surface area (Å²) in [5.41, 5.74) is 0. The van der Waals surface area contributed by atoms with Gasteiger partial charge in [-0.25, -0.2) is 4.79 Å². The summed E-state index contributed by atoms with van der Waals surface area (Å²) in [4.78, 5) is 10.5. The van der Waals surface area contributed by atoms with Crippen molar-refractivity contribution in [3.63, 3.8) is 0 Å². The summed E-state index contributed by atoms with van der Waals surface area (Å²) in [5, 5.41) is 10.9. The van der Waals surface area contributed by atoms with Gasteiger partial charge in [0.2, 0.25) is 0 Å². The Balaban J connectivity index is 2.50. The molecule has 1 unspecified atom stereocenters. The molecule has 5 heteroatoms. The summed E-state index contributed by atoms with van der Waals surface area (Å²) in [6.45, 7) is 7.19. The molecule has 1 rings (SSSR count). The van der Waals surface area contributed by atoms with Crippen molar-refractivity contribution in [2.45, 2.75) is 52.6 Å². The van der Waals surface area contributed by atoms with Crippen molar-refractivity contribution in [1.82, 2.24) is 5.32 Å². The number of ether oxygens (including phenoxy) is 2. The van der Waals surface area contributed by atoms with Crippen LogP contribution >= 0.6 is 0 Å². The van der Waals surface area contributed by atoms with Gasteiger partial charge in [0.15, 0.2) is 0 Å². The lowest BCUT2D eigenvalue weighted by molar-refractivity contribution is 0.178. The summed E-state index contributed by atoms with van der Waals surface area (Å²) in [6, 6.07) is 7.50. The highest BCUT2D eigenvalue weighted by Gasteiger charge is 2.09. The minimum absolute atomic E-state index is 0.241. The van der Waals surface area contributed by atoms with Crippen molar-refractivity contribution in [1.29, 1.82) is 0 Å². The largest absolute Gasteiger partial charge is 0.493 e. The van der Waals surface area contributed by atoms with Crippen LogP contribution < -0.4 is 14.8 Å². The molecule has 0 fully saturated rings. The van der Waals surface area contributed by atoms with Gasteiger partial charge >= 0.3 is 6.09 Å².